The molecule has 248 valence electrons. The lowest BCUT2D eigenvalue weighted by Crippen LogP contribution is -2.65. The van der Waals surface area contributed by atoms with E-state index in [1.54, 1.807) is 0 Å². The second-order valence-electron chi connectivity index (χ2n) is 15.1. The van der Waals surface area contributed by atoms with Crippen LogP contribution in [-0.4, -0.2) is 65.6 Å². The van der Waals surface area contributed by atoms with Crippen LogP contribution in [0, 0.1) is 39.2 Å². The van der Waals surface area contributed by atoms with Crippen LogP contribution < -0.4 is 21.4 Å². The highest BCUT2D eigenvalue weighted by Crippen LogP contribution is 2.65. The third kappa shape index (κ3) is 8.13. The third-order valence-corrected chi connectivity index (χ3v) is 10.4. The molecule has 5 fully saturated rings. The van der Waals surface area contributed by atoms with Gasteiger partial charge in [0.1, 0.15) is 6.04 Å². The minimum atomic E-state index is -0.742. The molecule has 0 radical (unpaired) electrons. The number of rotatable bonds is 17. The first-order valence-corrected chi connectivity index (χ1v) is 16.6. The number of carbonyl (C=O) groups excluding carboxylic acids is 2. The molecule has 12 nitrogen and oxygen atoms in total. The highest BCUT2D eigenvalue weighted by atomic mass is 16.7. The number of allylic oxidation sites excluding steroid dienone is 2. The zero-order chi connectivity index (χ0) is 32.4. The minimum absolute atomic E-state index is 0.0139. The van der Waals surface area contributed by atoms with Crippen molar-refractivity contribution in [3.05, 3.63) is 21.8 Å². The average molecular weight is 619 g/mol. The Hall–Kier alpha value is -2.22. The molecule has 0 aromatic rings. The Labute approximate surface area is 263 Å². The van der Waals surface area contributed by atoms with Gasteiger partial charge in [-0.15, -0.1) is 5.43 Å². The lowest BCUT2D eigenvalue weighted by Gasteiger charge is -2.64. The molecule has 2 aliphatic heterocycles. The van der Waals surface area contributed by atoms with Crippen LogP contribution in [0.1, 0.15) is 107 Å². The van der Waals surface area contributed by atoms with Gasteiger partial charge in [0.05, 0.1) is 17.6 Å². The lowest BCUT2D eigenvalue weighted by molar-refractivity contribution is -0.627. The quantitative estimate of drug-likeness (QED) is 0.0477. The van der Waals surface area contributed by atoms with Gasteiger partial charge in [0.2, 0.25) is 18.1 Å². The van der Waals surface area contributed by atoms with E-state index in [4.69, 9.17) is 9.31 Å². The molecule has 2 bridgehead atoms. The fourth-order valence-corrected chi connectivity index (χ4v) is 7.61. The number of carbonyl (C=O) groups is 2. The average Bonchev–Trinajstić information content (AvgIpc) is 3.61. The van der Waals surface area contributed by atoms with E-state index < -0.39 is 24.5 Å². The van der Waals surface area contributed by atoms with Crippen LogP contribution in [0.2, 0.25) is 0 Å². The summed E-state index contributed by atoms with van der Waals surface area (Å²) >= 11 is 0. The van der Waals surface area contributed by atoms with Gasteiger partial charge in [-0.1, -0.05) is 46.3 Å². The second-order valence-corrected chi connectivity index (χ2v) is 15.1. The maximum Gasteiger partial charge on any atom is 0.481 e. The van der Waals surface area contributed by atoms with Gasteiger partial charge in [-0.25, -0.2) is 10.1 Å². The number of nitrogens with one attached hydrogen (secondary N) is 4. The van der Waals surface area contributed by atoms with E-state index in [0.29, 0.717) is 50.0 Å². The van der Waals surface area contributed by atoms with Crippen molar-refractivity contribution in [2.24, 2.45) is 29.1 Å². The maximum atomic E-state index is 13.8. The van der Waals surface area contributed by atoms with E-state index in [1.807, 2.05) is 0 Å². The predicted octanol–water partition coefficient (Wildman–Crippen LogP) is 3.71. The molecule has 5 rings (SSSR count). The fourth-order valence-electron chi connectivity index (χ4n) is 7.61. The van der Waals surface area contributed by atoms with Gasteiger partial charge in [0.25, 0.3) is 0 Å². The van der Waals surface area contributed by atoms with Gasteiger partial charge in [0, 0.05) is 6.42 Å². The molecule has 2 amide bonds. The van der Waals surface area contributed by atoms with Crippen molar-refractivity contribution < 1.29 is 23.9 Å². The van der Waals surface area contributed by atoms with E-state index in [0.717, 1.165) is 30.8 Å². The Balaban J connectivity index is 1.38. The number of hydrogen-bond acceptors (Lipinski definition) is 8. The monoisotopic (exact) mass is 618 g/mol. The summed E-state index contributed by atoms with van der Waals surface area (Å²) in [6, 6.07) is -0.742. The number of nitro groups is 1. The van der Waals surface area contributed by atoms with Crippen molar-refractivity contribution in [1.82, 2.24) is 26.5 Å². The largest absolute Gasteiger partial charge is 0.481 e. The molecule has 44 heavy (non-hydrogen) atoms. The van der Waals surface area contributed by atoms with Gasteiger partial charge in [-0.05, 0) is 106 Å². The van der Waals surface area contributed by atoms with Crippen molar-refractivity contribution in [2.75, 3.05) is 6.54 Å². The van der Waals surface area contributed by atoms with E-state index in [2.05, 4.69) is 82.8 Å². The molecule has 3 aliphatic carbocycles. The zero-order valence-corrected chi connectivity index (χ0v) is 28.0. The number of hydrazine groups is 2. The van der Waals surface area contributed by atoms with Gasteiger partial charge >= 0.3 is 7.12 Å². The summed E-state index contributed by atoms with van der Waals surface area (Å²) in [5, 5.41) is 20.5. The highest BCUT2D eigenvalue weighted by Gasteiger charge is 2.68. The summed E-state index contributed by atoms with van der Waals surface area (Å²) in [7, 11) is -0.548. The zero-order valence-electron chi connectivity index (χ0n) is 28.0. The molecule has 2 heterocycles. The molecule has 4 N–H and O–H groups in total. The molecular weight excluding hydrogens is 563 g/mol. The molecule has 8 atom stereocenters. The van der Waals surface area contributed by atoms with E-state index >= 15 is 0 Å². The Morgan fingerprint density at radius 3 is 2.50 bits per heavy atom. The third-order valence-electron chi connectivity index (χ3n) is 10.4. The Bertz CT molecular complexity index is 1090. The van der Waals surface area contributed by atoms with Crippen LogP contribution in [0.5, 0.6) is 0 Å². The van der Waals surface area contributed by atoms with Gasteiger partial charge in [-0.2, -0.15) is 0 Å². The van der Waals surface area contributed by atoms with Crippen molar-refractivity contribution in [3.63, 3.8) is 0 Å². The van der Waals surface area contributed by atoms with E-state index in [1.165, 1.54) is 5.57 Å². The molecule has 2 saturated heterocycles. The fraction of sp³-hybridized carbons (Fsp3) is 0.871. The topological polar surface area (TPSA) is 157 Å². The summed E-state index contributed by atoms with van der Waals surface area (Å²) in [6.45, 7) is 17.7. The standard InChI is InChI=1S/C31H55BN6O6/c1-19(2)11-9-12-21(5)16-27(39)34-23(13-10-14-33-29-36-37(29)38(41)42)28(40)35-26(15-20(3)4)32-43-25-18-22-17-24(30(22,6)7)31(25,8)44-32/h11,20-26,29,33,36H,9-10,12-18H2,1-8H3,(H,34,39)(H,35,40)/t21-,22-,23-,24-,25+,26-,29?,31-,37?/m0/s1. The van der Waals surface area contributed by atoms with Crippen molar-refractivity contribution >= 4 is 18.9 Å². The smallest absolute Gasteiger partial charge is 0.404 e. The Morgan fingerprint density at radius 1 is 1.16 bits per heavy atom. The van der Waals surface area contributed by atoms with Crippen LogP contribution in [0.4, 0.5) is 0 Å². The summed E-state index contributed by atoms with van der Waals surface area (Å²) in [4.78, 5) is 37.8. The van der Waals surface area contributed by atoms with Crippen LogP contribution >= 0.6 is 0 Å². The summed E-state index contributed by atoms with van der Waals surface area (Å²) < 4.78 is 13.3. The SMILES string of the molecule is CC(C)=CCC[C@H](C)CC(=O)N[C@@H](CCCNC1NN1[N+](=O)[O-])C(=O)N[C@@H](CC(C)C)B1O[C@@H]2C[C@@H]3C[C@@H](C3(C)C)[C@]2(C)O1. The molecule has 5 aliphatic rings. The molecule has 13 heteroatoms. The molecule has 0 spiro atoms. The van der Waals surface area contributed by atoms with Crippen molar-refractivity contribution in [1.29, 1.82) is 0 Å². The van der Waals surface area contributed by atoms with Gasteiger partial charge in [0.15, 0.2) is 5.03 Å². The van der Waals surface area contributed by atoms with Crippen LogP contribution in [0.25, 0.3) is 0 Å². The van der Waals surface area contributed by atoms with Crippen molar-refractivity contribution in [2.45, 2.75) is 137 Å². The molecule has 1 unspecified atom stereocenters. The first kappa shape index (κ1) is 34.7. The highest BCUT2D eigenvalue weighted by molar-refractivity contribution is 6.48. The molecule has 0 aromatic heterocycles. The van der Waals surface area contributed by atoms with Crippen LogP contribution in [0.3, 0.4) is 0 Å². The first-order valence-electron chi connectivity index (χ1n) is 16.6. The molecule has 3 saturated carbocycles. The first-order chi connectivity index (χ1) is 20.6. The minimum Gasteiger partial charge on any atom is -0.404 e. The normalized spacial score (nSPS) is 30.1. The van der Waals surface area contributed by atoms with Crippen LogP contribution in [-0.2, 0) is 18.9 Å². The Morgan fingerprint density at radius 2 is 1.89 bits per heavy atom. The van der Waals surface area contributed by atoms with E-state index in [-0.39, 0.29) is 40.8 Å². The summed E-state index contributed by atoms with van der Waals surface area (Å²) in [5.74, 6) is 0.766. The van der Waals surface area contributed by atoms with Gasteiger partial charge in [-0.3, -0.25) is 14.9 Å². The predicted molar refractivity (Wildman–Crippen MR) is 169 cm³/mol. The number of nitrogens with zero attached hydrogens (tertiary/aromatic N) is 2. The van der Waals surface area contributed by atoms with Crippen molar-refractivity contribution in [3.8, 4) is 0 Å². The maximum absolute atomic E-state index is 13.8. The second kappa shape index (κ2) is 14.0. The van der Waals surface area contributed by atoms with Gasteiger partial charge < -0.3 is 19.9 Å². The van der Waals surface area contributed by atoms with Crippen LogP contribution in [0.15, 0.2) is 11.6 Å². The molecule has 0 aromatic carbocycles. The Kier molecular flexibility index (Phi) is 11.1. The molecular formula is C31H55BN6O6. The van der Waals surface area contributed by atoms with E-state index in [9.17, 15) is 19.7 Å². The summed E-state index contributed by atoms with van der Waals surface area (Å²) in [5.41, 5.74) is 3.71. The number of amides is 2. The number of hydrogen-bond donors (Lipinski definition) is 4. The summed E-state index contributed by atoms with van der Waals surface area (Å²) in [6.07, 6.45) is 7.56. The lowest BCUT2D eigenvalue weighted by atomic mass is 9.43.